The van der Waals surface area contributed by atoms with E-state index in [0.29, 0.717) is 36.2 Å². The summed E-state index contributed by atoms with van der Waals surface area (Å²) < 4.78 is 5.41. The van der Waals surface area contributed by atoms with Crippen LogP contribution < -0.4 is 20.7 Å². The lowest BCUT2D eigenvalue weighted by atomic mass is 10.1. The molecule has 0 spiro atoms. The second-order valence-corrected chi connectivity index (χ2v) is 6.37. The van der Waals surface area contributed by atoms with Gasteiger partial charge in [0.05, 0.1) is 7.11 Å². The molecule has 0 unspecified atom stereocenters. The number of aliphatic imine (C=N–C) groups is 1. The van der Waals surface area contributed by atoms with Crippen LogP contribution in [0.15, 0.2) is 47.5 Å². The number of hydrogen-bond donors (Lipinski definition) is 3. The van der Waals surface area contributed by atoms with Gasteiger partial charge in [-0.25, -0.2) is 0 Å². The van der Waals surface area contributed by atoms with Crippen LogP contribution in [0.2, 0.25) is 5.02 Å². The number of nitrogens with one attached hydrogen (secondary N) is 3. The number of aryl methyl sites for hydroxylation is 1. The number of carbonyl (C=O) groups excluding carboxylic acids is 1. The molecule has 0 fully saturated rings. The van der Waals surface area contributed by atoms with Crippen molar-refractivity contribution in [1.82, 2.24) is 16.0 Å². The Bertz CT molecular complexity index is 791. The molecule has 3 N–H and O–H groups in total. The standard InChI is InChI=1S/C20H25ClN4O2/c1-14-4-5-16(18(12-14)27-3)13-25-20(22-2)24-11-10-23-19(26)15-6-8-17(21)9-7-15/h4-9,12H,10-11,13H2,1-3H3,(H,23,26)(H2,22,24,25). The van der Waals surface area contributed by atoms with Gasteiger partial charge >= 0.3 is 0 Å². The third-order valence-electron chi connectivity index (χ3n) is 3.92. The first kappa shape index (κ1) is 20.6. The highest BCUT2D eigenvalue weighted by molar-refractivity contribution is 6.30. The number of guanidine groups is 1. The van der Waals surface area contributed by atoms with Gasteiger partial charge < -0.3 is 20.7 Å². The molecular weight excluding hydrogens is 364 g/mol. The minimum absolute atomic E-state index is 0.138. The fraction of sp³-hybridized carbons (Fsp3) is 0.300. The fourth-order valence-corrected chi connectivity index (χ4v) is 2.58. The average Bonchev–Trinajstić information content (AvgIpc) is 2.68. The van der Waals surface area contributed by atoms with E-state index in [2.05, 4.69) is 20.9 Å². The van der Waals surface area contributed by atoms with Gasteiger partial charge in [0.1, 0.15) is 5.75 Å². The monoisotopic (exact) mass is 388 g/mol. The van der Waals surface area contributed by atoms with Gasteiger partial charge in [0.2, 0.25) is 0 Å². The molecule has 2 aromatic rings. The van der Waals surface area contributed by atoms with Crippen LogP contribution in [0.25, 0.3) is 0 Å². The molecule has 0 radical (unpaired) electrons. The van der Waals surface area contributed by atoms with Gasteiger partial charge in [-0.05, 0) is 42.8 Å². The van der Waals surface area contributed by atoms with Gasteiger partial charge in [0.25, 0.3) is 5.91 Å². The van der Waals surface area contributed by atoms with E-state index in [0.717, 1.165) is 16.9 Å². The van der Waals surface area contributed by atoms with E-state index >= 15 is 0 Å². The smallest absolute Gasteiger partial charge is 0.251 e. The van der Waals surface area contributed by atoms with E-state index in [-0.39, 0.29) is 5.91 Å². The SMILES string of the molecule is CN=C(NCCNC(=O)c1ccc(Cl)cc1)NCc1ccc(C)cc1OC. The molecule has 7 heteroatoms. The maximum absolute atomic E-state index is 12.0. The summed E-state index contributed by atoms with van der Waals surface area (Å²) in [5, 5.41) is 9.86. The average molecular weight is 389 g/mol. The van der Waals surface area contributed by atoms with Crippen LogP contribution >= 0.6 is 11.6 Å². The minimum Gasteiger partial charge on any atom is -0.496 e. The summed E-state index contributed by atoms with van der Waals surface area (Å²) in [6.07, 6.45) is 0. The van der Waals surface area contributed by atoms with Crippen LogP contribution in [0.5, 0.6) is 5.75 Å². The van der Waals surface area contributed by atoms with E-state index in [4.69, 9.17) is 16.3 Å². The van der Waals surface area contributed by atoms with Crippen molar-refractivity contribution in [2.24, 2.45) is 4.99 Å². The normalized spacial score (nSPS) is 11.0. The lowest BCUT2D eigenvalue weighted by Gasteiger charge is -2.14. The predicted molar refractivity (Wildman–Crippen MR) is 110 cm³/mol. The molecule has 0 saturated carbocycles. The van der Waals surface area contributed by atoms with Gasteiger partial charge in [-0.2, -0.15) is 0 Å². The summed E-state index contributed by atoms with van der Waals surface area (Å²) in [6, 6.07) is 12.9. The zero-order valence-electron chi connectivity index (χ0n) is 15.8. The van der Waals surface area contributed by atoms with Gasteiger partial charge in [-0.3, -0.25) is 9.79 Å². The lowest BCUT2D eigenvalue weighted by molar-refractivity contribution is 0.0954. The Labute approximate surface area is 165 Å². The van der Waals surface area contributed by atoms with Crippen molar-refractivity contribution in [3.8, 4) is 5.75 Å². The summed E-state index contributed by atoms with van der Waals surface area (Å²) in [5.41, 5.74) is 2.77. The number of hydrogen-bond acceptors (Lipinski definition) is 3. The Kier molecular flexibility index (Phi) is 7.95. The number of ether oxygens (including phenoxy) is 1. The number of carbonyl (C=O) groups is 1. The van der Waals surface area contributed by atoms with Crippen molar-refractivity contribution >= 4 is 23.5 Å². The Hall–Kier alpha value is -2.73. The Morgan fingerprint density at radius 1 is 1.07 bits per heavy atom. The molecule has 0 aliphatic heterocycles. The zero-order chi connectivity index (χ0) is 19.6. The third-order valence-corrected chi connectivity index (χ3v) is 4.17. The number of nitrogens with zero attached hydrogens (tertiary/aromatic N) is 1. The van der Waals surface area contributed by atoms with Gasteiger partial charge in [0, 0.05) is 42.8 Å². The molecule has 0 atom stereocenters. The van der Waals surface area contributed by atoms with Crippen LogP contribution in [0.1, 0.15) is 21.5 Å². The molecule has 6 nitrogen and oxygen atoms in total. The number of rotatable bonds is 7. The highest BCUT2D eigenvalue weighted by atomic mass is 35.5. The summed E-state index contributed by atoms with van der Waals surface area (Å²) in [7, 11) is 3.36. The molecule has 144 valence electrons. The van der Waals surface area contributed by atoms with Crippen molar-refractivity contribution in [3.05, 3.63) is 64.2 Å². The van der Waals surface area contributed by atoms with E-state index in [1.807, 2.05) is 25.1 Å². The molecule has 0 bridgehead atoms. The first-order chi connectivity index (χ1) is 13.0. The molecule has 0 aromatic heterocycles. The third kappa shape index (κ3) is 6.49. The second kappa shape index (κ2) is 10.4. The topological polar surface area (TPSA) is 74.8 Å². The number of amides is 1. The zero-order valence-corrected chi connectivity index (χ0v) is 16.6. The molecule has 0 saturated heterocycles. The molecule has 2 aromatic carbocycles. The van der Waals surface area contributed by atoms with Crippen LogP contribution in [-0.4, -0.2) is 39.1 Å². The Morgan fingerprint density at radius 3 is 2.44 bits per heavy atom. The minimum atomic E-state index is -0.138. The van der Waals surface area contributed by atoms with Crippen LogP contribution in [0, 0.1) is 6.92 Å². The first-order valence-corrected chi connectivity index (χ1v) is 9.03. The van der Waals surface area contributed by atoms with Crippen molar-refractivity contribution < 1.29 is 9.53 Å². The van der Waals surface area contributed by atoms with Crippen LogP contribution in [-0.2, 0) is 6.54 Å². The summed E-state index contributed by atoms with van der Waals surface area (Å²) >= 11 is 5.82. The number of methoxy groups -OCH3 is 1. The van der Waals surface area contributed by atoms with E-state index in [9.17, 15) is 4.79 Å². The summed E-state index contributed by atoms with van der Waals surface area (Å²) in [5.74, 6) is 1.35. The summed E-state index contributed by atoms with van der Waals surface area (Å²) in [4.78, 5) is 16.2. The molecule has 0 heterocycles. The number of benzene rings is 2. The molecule has 0 aliphatic rings. The Morgan fingerprint density at radius 2 is 1.78 bits per heavy atom. The van der Waals surface area contributed by atoms with E-state index in [1.54, 1.807) is 38.4 Å². The van der Waals surface area contributed by atoms with Gasteiger partial charge in [-0.1, -0.05) is 23.7 Å². The van der Waals surface area contributed by atoms with E-state index in [1.165, 1.54) is 0 Å². The van der Waals surface area contributed by atoms with Crippen molar-refractivity contribution in [2.45, 2.75) is 13.5 Å². The highest BCUT2D eigenvalue weighted by Crippen LogP contribution is 2.19. The largest absolute Gasteiger partial charge is 0.496 e. The molecule has 2 rings (SSSR count). The fourth-order valence-electron chi connectivity index (χ4n) is 2.46. The Balaban J connectivity index is 1.76. The second-order valence-electron chi connectivity index (χ2n) is 5.93. The van der Waals surface area contributed by atoms with Crippen LogP contribution in [0.3, 0.4) is 0 Å². The molecular formula is C20H25ClN4O2. The highest BCUT2D eigenvalue weighted by Gasteiger charge is 2.06. The molecule has 0 aliphatic carbocycles. The van der Waals surface area contributed by atoms with Gasteiger partial charge in [-0.15, -0.1) is 0 Å². The number of halogens is 1. The lowest BCUT2D eigenvalue weighted by Crippen LogP contribution is -2.41. The van der Waals surface area contributed by atoms with Crippen molar-refractivity contribution in [2.75, 3.05) is 27.2 Å². The van der Waals surface area contributed by atoms with Crippen molar-refractivity contribution in [3.63, 3.8) is 0 Å². The maximum atomic E-state index is 12.0. The first-order valence-electron chi connectivity index (χ1n) is 8.65. The maximum Gasteiger partial charge on any atom is 0.251 e. The quantitative estimate of drug-likeness (QED) is 0.387. The van der Waals surface area contributed by atoms with Crippen LogP contribution in [0.4, 0.5) is 0 Å². The molecule has 27 heavy (non-hydrogen) atoms. The van der Waals surface area contributed by atoms with Gasteiger partial charge in [0.15, 0.2) is 5.96 Å². The van der Waals surface area contributed by atoms with E-state index < -0.39 is 0 Å². The predicted octanol–water partition coefficient (Wildman–Crippen LogP) is 2.75. The molecule has 1 amide bonds. The summed E-state index contributed by atoms with van der Waals surface area (Å²) in [6.45, 7) is 3.62. The van der Waals surface area contributed by atoms with Crippen molar-refractivity contribution in [1.29, 1.82) is 0 Å².